The fraction of sp³-hybridized carbons (Fsp3) is 0.250. The van der Waals surface area contributed by atoms with Crippen LogP contribution in [0.25, 0.3) is 0 Å². The van der Waals surface area contributed by atoms with Crippen LogP contribution in [0.5, 0.6) is 0 Å². The Balaban J connectivity index is 3.29. The SMILES string of the molecule is Cc1ccc(Cl)c(I)c1CCl. The Hall–Kier alpha value is 0.530. The van der Waals surface area contributed by atoms with E-state index in [1.165, 1.54) is 5.56 Å². The molecule has 0 radical (unpaired) electrons. The van der Waals surface area contributed by atoms with Crippen LogP contribution >= 0.6 is 45.8 Å². The molecule has 1 aromatic carbocycles. The van der Waals surface area contributed by atoms with Crippen molar-refractivity contribution in [2.75, 3.05) is 0 Å². The maximum Gasteiger partial charge on any atom is 0.0542 e. The predicted octanol–water partition coefficient (Wildman–Crippen LogP) is 3.99. The topological polar surface area (TPSA) is 0 Å². The highest BCUT2D eigenvalue weighted by molar-refractivity contribution is 14.1. The number of halogens is 3. The molecule has 0 atom stereocenters. The first kappa shape index (κ1) is 9.62. The molecule has 0 fully saturated rings. The van der Waals surface area contributed by atoms with E-state index in [1.54, 1.807) is 0 Å². The molecule has 0 N–H and O–H groups in total. The second-order valence-electron chi connectivity index (χ2n) is 2.29. The number of rotatable bonds is 1. The summed E-state index contributed by atoms with van der Waals surface area (Å²) in [6.07, 6.45) is 0. The maximum absolute atomic E-state index is 5.90. The molecule has 0 aliphatic rings. The zero-order valence-electron chi connectivity index (χ0n) is 6.00. The third-order valence-corrected chi connectivity index (χ3v) is 3.70. The molecule has 0 nitrogen and oxygen atoms in total. The van der Waals surface area contributed by atoms with Crippen molar-refractivity contribution < 1.29 is 0 Å². The highest BCUT2D eigenvalue weighted by Crippen LogP contribution is 2.25. The van der Waals surface area contributed by atoms with Gasteiger partial charge >= 0.3 is 0 Å². The van der Waals surface area contributed by atoms with E-state index in [2.05, 4.69) is 22.6 Å². The molecule has 1 rings (SSSR count). The lowest BCUT2D eigenvalue weighted by Gasteiger charge is -2.05. The van der Waals surface area contributed by atoms with Crippen LogP contribution in [-0.2, 0) is 5.88 Å². The molecule has 0 aliphatic carbocycles. The lowest BCUT2D eigenvalue weighted by molar-refractivity contribution is 1.27. The average molecular weight is 301 g/mol. The number of hydrogen-bond acceptors (Lipinski definition) is 0. The Morgan fingerprint density at radius 3 is 2.55 bits per heavy atom. The molecule has 0 aliphatic heterocycles. The van der Waals surface area contributed by atoms with Gasteiger partial charge in [0, 0.05) is 9.45 Å². The number of alkyl halides is 1. The van der Waals surface area contributed by atoms with E-state index >= 15 is 0 Å². The molecule has 0 unspecified atom stereocenters. The van der Waals surface area contributed by atoms with Crippen LogP contribution in [0.3, 0.4) is 0 Å². The van der Waals surface area contributed by atoms with Crippen molar-refractivity contribution in [2.45, 2.75) is 12.8 Å². The molecule has 0 bridgehead atoms. The van der Waals surface area contributed by atoms with Crippen LogP contribution in [0, 0.1) is 10.5 Å². The van der Waals surface area contributed by atoms with Crippen LogP contribution in [0.1, 0.15) is 11.1 Å². The fourth-order valence-electron chi connectivity index (χ4n) is 0.853. The molecular formula is C8H7Cl2I. The molecular weight excluding hydrogens is 294 g/mol. The van der Waals surface area contributed by atoms with Gasteiger partial charge in [-0.1, -0.05) is 17.7 Å². The van der Waals surface area contributed by atoms with Gasteiger partial charge in [-0.05, 0) is 46.7 Å². The molecule has 11 heavy (non-hydrogen) atoms. The molecule has 0 spiro atoms. The van der Waals surface area contributed by atoms with Crippen LogP contribution in [0.15, 0.2) is 12.1 Å². The quantitative estimate of drug-likeness (QED) is 0.543. The highest BCUT2D eigenvalue weighted by Gasteiger charge is 2.05. The first-order valence-electron chi connectivity index (χ1n) is 3.16. The van der Waals surface area contributed by atoms with Crippen molar-refractivity contribution in [3.8, 4) is 0 Å². The monoisotopic (exact) mass is 300 g/mol. The minimum absolute atomic E-state index is 0.532. The van der Waals surface area contributed by atoms with Crippen LogP contribution in [-0.4, -0.2) is 0 Å². The summed E-state index contributed by atoms with van der Waals surface area (Å²) in [6.45, 7) is 2.04. The second-order valence-corrected chi connectivity index (χ2v) is 4.04. The standard InChI is InChI=1S/C8H7Cl2I/c1-5-2-3-7(10)8(11)6(5)4-9/h2-3H,4H2,1H3. The van der Waals surface area contributed by atoms with Crippen LogP contribution in [0.4, 0.5) is 0 Å². The summed E-state index contributed by atoms with van der Waals surface area (Å²) in [7, 11) is 0. The summed E-state index contributed by atoms with van der Waals surface area (Å²) < 4.78 is 1.07. The second kappa shape index (κ2) is 3.97. The Labute approximate surface area is 90.0 Å². The van der Waals surface area contributed by atoms with Gasteiger partial charge in [0.2, 0.25) is 0 Å². The number of benzene rings is 1. The molecule has 60 valence electrons. The predicted molar refractivity (Wildman–Crippen MR) is 58.5 cm³/mol. The Bertz CT molecular complexity index is 271. The zero-order valence-corrected chi connectivity index (χ0v) is 9.67. The van der Waals surface area contributed by atoms with E-state index in [4.69, 9.17) is 23.2 Å². The summed E-state index contributed by atoms with van der Waals surface area (Å²) in [6, 6.07) is 3.89. The van der Waals surface area contributed by atoms with Crippen molar-refractivity contribution in [1.82, 2.24) is 0 Å². The van der Waals surface area contributed by atoms with Gasteiger partial charge in [-0.15, -0.1) is 11.6 Å². The summed E-state index contributed by atoms with van der Waals surface area (Å²) in [5.74, 6) is 0.532. The minimum atomic E-state index is 0.532. The van der Waals surface area contributed by atoms with Gasteiger partial charge in [-0.2, -0.15) is 0 Å². The van der Waals surface area contributed by atoms with E-state index < -0.39 is 0 Å². The summed E-state index contributed by atoms with van der Waals surface area (Å²) in [5.41, 5.74) is 2.34. The van der Waals surface area contributed by atoms with Crippen molar-refractivity contribution >= 4 is 45.8 Å². The fourth-order valence-corrected chi connectivity index (χ4v) is 2.40. The van der Waals surface area contributed by atoms with E-state index in [0.29, 0.717) is 5.88 Å². The molecule has 0 saturated heterocycles. The molecule has 3 heteroatoms. The van der Waals surface area contributed by atoms with E-state index in [1.807, 2.05) is 19.1 Å². The van der Waals surface area contributed by atoms with Crippen molar-refractivity contribution in [3.63, 3.8) is 0 Å². The van der Waals surface area contributed by atoms with E-state index in [-0.39, 0.29) is 0 Å². The first-order chi connectivity index (χ1) is 5.16. The number of aryl methyl sites for hydroxylation is 1. The van der Waals surface area contributed by atoms with E-state index in [9.17, 15) is 0 Å². The van der Waals surface area contributed by atoms with E-state index in [0.717, 1.165) is 14.2 Å². The molecule has 0 saturated carbocycles. The van der Waals surface area contributed by atoms with Gasteiger partial charge < -0.3 is 0 Å². The summed E-state index contributed by atoms with van der Waals surface area (Å²) >= 11 is 13.9. The molecule has 0 heterocycles. The van der Waals surface area contributed by atoms with Gasteiger partial charge in [0.25, 0.3) is 0 Å². The third-order valence-electron chi connectivity index (χ3n) is 1.56. The highest BCUT2D eigenvalue weighted by atomic mass is 127. The van der Waals surface area contributed by atoms with Crippen LogP contribution in [0.2, 0.25) is 5.02 Å². The number of hydrogen-bond donors (Lipinski definition) is 0. The smallest absolute Gasteiger partial charge is 0.0542 e. The minimum Gasteiger partial charge on any atom is -0.121 e. The van der Waals surface area contributed by atoms with Gasteiger partial charge in [0.1, 0.15) is 0 Å². The van der Waals surface area contributed by atoms with Crippen molar-refractivity contribution in [1.29, 1.82) is 0 Å². The molecule has 0 aromatic heterocycles. The van der Waals surface area contributed by atoms with Gasteiger partial charge in [0.05, 0.1) is 5.02 Å². The lowest BCUT2D eigenvalue weighted by atomic mass is 10.1. The van der Waals surface area contributed by atoms with Gasteiger partial charge in [-0.25, -0.2) is 0 Å². The summed E-state index contributed by atoms with van der Waals surface area (Å²) in [4.78, 5) is 0. The first-order valence-corrected chi connectivity index (χ1v) is 5.15. The third kappa shape index (κ3) is 2.01. The average Bonchev–Trinajstić information content (AvgIpc) is 1.99. The van der Waals surface area contributed by atoms with Crippen LogP contribution < -0.4 is 0 Å². The largest absolute Gasteiger partial charge is 0.121 e. The molecule has 1 aromatic rings. The normalized spacial score (nSPS) is 10.2. The Morgan fingerprint density at radius 2 is 2.09 bits per heavy atom. The van der Waals surface area contributed by atoms with Gasteiger partial charge in [-0.3, -0.25) is 0 Å². The Kier molecular flexibility index (Phi) is 3.47. The van der Waals surface area contributed by atoms with Crippen molar-refractivity contribution in [2.24, 2.45) is 0 Å². The lowest BCUT2D eigenvalue weighted by Crippen LogP contribution is -1.89. The van der Waals surface area contributed by atoms with Crippen molar-refractivity contribution in [3.05, 3.63) is 31.9 Å². The maximum atomic E-state index is 5.90. The zero-order chi connectivity index (χ0) is 8.43. The summed E-state index contributed by atoms with van der Waals surface area (Å²) in [5, 5.41) is 0.784. The van der Waals surface area contributed by atoms with Gasteiger partial charge in [0.15, 0.2) is 0 Å². The Morgan fingerprint density at radius 1 is 1.45 bits per heavy atom. The molecule has 0 amide bonds.